The third kappa shape index (κ3) is 3.24. The molecule has 58 valence electrons. The Morgan fingerprint density at radius 2 is 2.20 bits per heavy atom. The molecular weight excluding hydrogens is 152 g/mol. The molecule has 0 rings (SSSR count). The van der Waals surface area contributed by atoms with E-state index in [1.165, 1.54) is 12.1 Å². The fourth-order valence-electron chi connectivity index (χ4n) is 0.234. The van der Waals surface area contributed by atoms with Crippen LogP contribution in [-0.4, -0.2) is 30.2 Å². The van der Waals surface area contributed by atoms with Crippen LogP contribution in [0.25, 0.3) is 0 Å². The topological polar surface area (TPSA) is 41.6 Å². The third-order valence-corrected chi connectivity index (χ3v) is 1.12. The van der Waals surface area contributed by atoms with Gasteiger partial charge in [-0.1, -0.05) is 12.2 Å². The van der Waals surface area contributed by atoms with Crippen molar-refractivity contribution in [1.29, 1.82) is 0 Å². The average Bonchev–Trinajstić information content (AvgIpc) is 1.87. The smallest absolute Gasteiger partial charge is 0.323 e. The first kappa shape index (κ1) is 9.16. The molecule has 0 aromatic heterocycles. The summed E-state index contributed by atoms with van der Waals surface area (Å²) in [6, 6.07) is 0. The molecule has 0 aliphatic rings. The Kier molecular flexibility index (Phi) is 3.71. The third-order valence-electron chi connectivity index (χ3n) is 0.867. The Hall–Kier alpha value is -0.840. The van der Waals surface area contributed by atoms with E-state index in [0.717, 1.165) is 0 Å². The zero-order valence-corrected chi connectivity index (χ0v) is 6.99. The molecule has 10 heavy (non-hydrogen) atoms. The molecule has 0 aliphatic heterocycles. The number of hydrogen-bond donors (Lipinski definition) is 1. The summed E-state index contributed by atoms with van der Waals surface area (Å²) in [5.41, 5.74) is 0. The van der Waals surface area contributed by atoms with Crippen molar-refractivity contribution >= 4 is 23.3 Å². The number of nitrogens with zero attached hydrogens (tertiary/aromatic N) is 1. The van der Waals surface area contributed by atoms with Gasteiger partial charge in [0, 0.05) is 14.1 Å². The second kappa shape index (κ2) is 4.05. The van der Waals surface area contributed by atoms with Gasteiger partial charge in [-0.15, -0.1) is 0 Å². The largest absolute Gasteiger partial charge is 0.431 e. The van der Waals surface area contributed by atoms with E-state index in [1.807, 2.05) is 0 Å². The first-order chi connectivity index (χ1) is 4.57. The minimum absolute atomic E-state index is 0.503. The molecule has 0 aromatic carbocycles. The molecule has 0 saturated carbocycles. The van der Waals surface area contributed by atoms with Crippen LogP contribution in [0.3, 0.4) is 0 Å². The van der Waals surface area contributed by atoms with E-state index >= 15 is 0 Å². The molecule has 0 atom stereocenters. The Morgan fingerprint density at radius 1 is 1.70 bits per heavy atom. The lowest BCUT2D eigenvalue weighted by molar-refractivity contribution is -0.0114. The molecule has 1 amide bonds. The van der Waals surface area contributed by atoms with Crippen LogP contribution in [0.2, 0.25) is 0 Å². The second-order valence-corrected chi connectivity index (χ2v) is 2.24. The van der Waals surface area contributed by atoms with Crippen LogP contribution in [0.15, 0.2) is 0 Å². The highest BCUT2D eigenvalue weighted by atomic mass is 32.1. The van der Waals surface area contributed by atoms with Crippen molar-refractivity contribution in [2.75, 3.05) is 14.1 Å². The monoisotopic (exact) mass is 162 g/mol. The van der Waals surface area contributed by atoms with Crippen molar-refractivity contribution < 1.29 is 9.63 Å². The molecular formula is C5H10N2O2S. The number of thiocarbonyl (C=S) groups is 1. The van der Waals surface area contributed by atoms with Gasteiger partial charge in [0.25, 0.3) is 0 Å². The predicted molar refractivity (Wildman–Crippen MR) is 41.6 cm³/mol. The van der Waals surface area contributed by atoms with Crippen LogP contribution in [0.4, 0.5) is 4.79 Å². The van der Waals surface area contributed by atoms with Gasteiger partial charge in [-0.05, 0) is 6.92 Å². The van der Waals surface area contributed by atoms with Crippen molar-refractivity contribution in [3.05, 3.63) is 0 Å². The Labute approximate surface area is 65.1 Å². The van der Waals surface area contributed by atoms with Gasteiger partial charge in [0.2, 0.25) is 0 Å². The van der Waals surface area contributed by atoms with Crippen molar-refractivity contribution in [2.24, 2.45) is 0 Å². The fourth-order valence-corrected chi connectivity index (χ4v) is 0.272. The summed E-state index contributed by atoms with van der Waals surface area (Å²) in [6.07, 6.45) is -0.522. The summed E-state index contributed by atoms with van der Waals surface area (Å²) >= 11 is 4.71. The highest BCUT2D eigenvalue weighted by Crippen LogP contribution is 1.88. The number of hydroxylamine groups is 2. The van der Waals surface area contributed by atoms with Crippen molar-refractivity contribution in [3.8, 4) is 0 Å². The van der Waals surface area contributed by atoms with Gasteiger partial charge in [-0.3, -0.25) is 0 Å². The lowest BCUT2D eigenvalue weighted by atomic mass is 10.7. The number of amides is 1. The van der Waals surface area contributed by atoms with Gasteiger partial charge < -0.3 is 10.2 Å². The van der Waals surface area contributed by atoms with Gasteiger partial charge >= 0.3 is 6.09 Å². The van der Waals surface area contributed by atoms with E-state index in [9.17, 15) is 4.79 Å². The zero-order chi connectivity index (χ0) is 8.15. The van der Waals surface area contributed by atoms with E-state index in [-0.39, 0.29) is 0 Å². The van der Waals surface area contributed by atoms with Gasteiger partial charge in [0.1, 0.15) is 4.99 Å². The van der Waals surface area contributed by atoms with E-state index in [4.69, 9.17) is 12.2 Å². The van der Waals surface area contributed by atoms with Crippen molar-refractivity contribution in [2.45, 2.75) is 6.92 Å². The lowest BCUT2D eigenvalue weighted by Crippen LogP contribution is -2.31. The van der Waals surface area contributed by atoms with Crippen LogP contribution >= 0.6 is 12.2 Å². The molecule has 0 bridgehead atoms. The van der Waals surface area contributed by atoms with Crippen molar-refractivity contribution in [1.82, 2.24) is 10.4 Å². The van der Waals surface area contributed by atoms with Crippen LogP contribution in [0, 0.1) is 0 Å². The quantitative estimate of drug-likeness (QED) is 0.417. The fraction of sp³-hybridized carbons (Fsp3) is 0.600. The summed E-state index contributed by atoms with van der Waals surface area (Å²) in [4.78, 5) is 15.6. The molecule has 5 heteroatoms. The summed E-state index contributed by atoms with van der Waals surface area (Å²) in [5.74, 6) is 0. The van der Waals surface area contributed by atoms with Gasteiger partial charge in [-0.25, -0.2) is 9.86 Å². The Morgan fingerprint density at radius 3 is 2.50 bits per heavy atom. The molecule has 0 radical (unpaired) electrons. The molecule has 0 aromatic rings. The number of rotatable bonds is 0. The first-order valence-corrected chi connectivity index (χ1v) is 3.12. The summed E-state index contributed by atoms with van der Waals surface area (Å²) in [7, 11) is 3.05. The molecule has 0 heterocycles. The summed E-state index contributed by atoms with van der Waals surface area (Å²) < 4.78 is 0. The van der Waals surface area contributed by atoms with Crippen LogP contribution in [-0.2, 0) is 4.84 Å². The maximum Gasteiger partial charge on any atom is 0.431 e. The highest BCUT2D eigenvalue weighted by Gasteiger charge is 2.03. The molecule has 0 aliphatic carbocycles. The predicted octanol–water partition coefficient (Wildman–Crippen LogP) is 0.536. The Bertz CT molecular complexity index is 149. The van der Waals surface area contributed by atoms with Crippen LogP contribution in [0.1, 0.15) is 6.92 Å². The number of hydrogen-bond acceptors (Lipinski definition) is 3. The van der Waals surface area contributed by atoms with Crippen LogP contribution in [0.5, 0.6) is 0 Å². The summed E-state index contributed by atoms with van der Waals surface area (Å²) in [6.45, 7) is 1.66. The second-order valence-electron chi connectivity index (χ2n) is 1.65. The average molecular weight is 162 g/mol. The number of carbonyl (C=O) groups excluding carboxylic acids is 1. The molecule has 0 spiro atoms. The minimum atomic E-state index is -0.522. The minimum Gasteiger partial charge on any atom is -0.323 e. The SMILES string of the molecule is CNC(=O)ON(C)C(C)=S. The van der Waals surface area contributed by atoms with Gasteiger partial charge in [-0.2, -0.15) is 0 Å². The first-order valence-electron chi connectivity index (χ1n) is 2.72. The Balaban J connectivity index is 3.68. The molecule has 4 nitrogen and oxygen atoms in total. The van der Waals surface area contributed by atoms with Gasteiger partial charge in [0.05, 0.1) is 0 Å². The van der Waals surface area contributed by atoms with E-state index in [1.54, 1.807) is 14.0 Å². The van der Waals surface area contributed by atoms with E-state index < -0.39 is 6.09 Å². The van der Waals surface area contributed by atoms with Crippen molar-refractivity contribution in [3.63, 3.8) is 0 Å². The lowest BCUT2D eigenvalue weighted by Gasteiger charge is -2.14. The standard InChI is InChI=1S/C5H10N2O2S/c1-4(10)7(3)9-5(8)6-2/h1-3H3,(H,6,8). The molecule has 0 saturated heterocycles. The van der Waals surface area contributed by atoms with Crippen LogP contribution < -0.4 is 5.32 Å². The zero-order valence-electron chi connectivity index (χ0n) is 6.17. The molecule has 1 N–H and O–H groups in total. The van der Waals surface area contributed by atoms with E-state index in [2.05, 4.69) is 10.2 Å². The van der Waals surface area contributed by atoms with Gasteiger partial charge in [0.15, 0.2) is 0 Å². The number of nitrogens with one attached hydrogen (secondary N) is 1. The highest BCUT2D eigenvalue weighted by molar-refractivity contribution is 7.80. The normalized spacial score (nSPS) is 8.30. The van der Waals surface area contributed by atoms with E-state index in [0.29, 0.717) is 4.99 Å². The molecule has 0 unspecified atom stereocenters. The maximum atomic E-state index is 10.5. The maximum absolute atomic E-state index is 10.5. The molecule has 0 fully saturated rings. The summed E-state index contributed by atoms with van der Waals surface area (Å²) in [5, 5.41) is 3.50. The number of carbonyl (C=O) groups is 1.